The molecule has 1 aliphatic carbocycles. The fourth-order valence-electron chi connectivity index (χ4n) is 1.70. The molecular formula is C9H10F3N3S. The Morgan fingerprint density at radius 2 is 1.94 bits per heavy atom. The van der Waals surface area contributed by atoms with Crippen molar-refractivity contribution in [3.05, 3.63) is 5.82 Å². The van der Waals surface area contributed by atoms with E-state index in [1.165, 1.54) is 11.5 Å². The Kier molecular flexibility index (Phi) is 2.14. The molecule has 0 amide bonds. The number of hydrogen-bond acceptors (Lipinski definition) is 4. The van der Waals surface area contributed by atoms with Crippen LogP contribution >= 0.6 is 11.5 Å². The Bertz CT molecular complexity index is 393. The van der Waals surface area contributed by atoms with Crippen molar-refractivity contribution in [1.82, 2.24) is 9.36 Å². The first kappa shape index (κ1) is 10.3. The van der Waals surface area contributed by atoms with Crippen molar-refractivity contribution < 1.29 is 13.2 Å². The van der Waals surface area contributed by atoms with Gasteiger partial charge in [0.2, 0.25) is 5.13 Å². The van der Waals surface area contributed by atoms with Gasteiger partial charge in [-0.3, -0.25) is 0 Å². The van der Waals surface area contributed by atoms with Gasteiger partial charge in [-0.15, -0.1) is 0 Å². The van der Waals surface area contributed by atoms with E-state index in [2.05, 4.69) is 9.36 Å². The highest BCUT2D eigenvalue weighted by Gasteiger charge is 2.48. The molecule has 16 heavy (non-hydrogen) atoms. The first-order valence-corrected chi connectivity index (χ1v) is 5.96. The lowest BCUT2D eigenvalue weighted by molar-refractivity contribution is -0.180. The van der Waals surface area contributed by atoms with Crippen molar-refractivity contribution in [3.8, 4) is 0 Å². The van der Waals surface area contributed by atoms with E-state index in [-0.39, 0.29) is 13.1 Å². The van der Waals surface area contributed by atoms with E-state index >= 15 is 0 Å². The van der Waals surface area contributed by atoms with Crippen LogP contribution in [0.25, 0.3) is 0 Å². The second-order valence-electron chi connectivity index (χ2n) is 4.35. The molecule has 0 bridgehead atoms. The molecule has 3 nitrogen and oxygen atoms in total. The molecule has 0 unspecified atom stereocenters. The highest BCUT2D eigenvalue weighted by Crippen LogP contribution is 2.41. The smallest absolute Gasteiger partial charge is 0.345 e. The zero-order valence-electron chi connectivity index (χ0n) is 8.37. The molecular weight excluding hydrogens is 239 g/mol. The molecule has 88 valence electrons. The Hall–Kier alpha value is -0.850. The van der Waals surface area contributed by atoms with Crippen LogP contribution in [0.2, 0.25) is 0 Å². The predicted molar refractivity (Wildman–Crippen MR) is 53.6 cm³/mol. The van der Waals surface area contributed by atoms with E-state index in [4.69, 9.17) is 0 Å². The van der Waals surface area contributed by atoms with Gasteiger partial charge in [-0.05, 0) is 12.8 Å². The van der Waals surface area contributed by atoms with Crippen LogP contribution < -0.4 is 4.90 Å². The van der Waals surface area contributed by atoms with Gasteiger partial charge in [-0.25, -0.2) is 4.98 Å². The molecule has 1 saturated carbocycles. The van der Waals surface area contributed by atoms with Crippen molar-refractivity contribution >= 4 is 16.7 Å². The summed E-state index contributed by atoms with van der Waals surface area (Å²) in [4.78, 5) is 5.93. The van der Waals surface area contributed by atoms with Crippen molar-refractivity contribution in [2.24, 2.45) is 5.92 Å². The third-order valence-corrected chi connectivity index (χ3v) is 3.78. The number of anilines is 1. The minimum atomic E-state index is -4.07. The van der Waals surface area contributed by atoms with Crippen LogP contribution in [0.4, 0.5) is 18.3 Å². The van der Waals surface area contributed by atoms with Gasteiger partial charge in [0, 0.05) is 30.5 Å². The summed E-state index contributed by atoms with van der Waals surface area (Å²) < 4.78 is 41.0. The van der Waals surface area contributed by atoms with Crippen LogP contribution in [0.15, 0.2) is 0 Å². The van der Waals surface area contributed by atoms with Gasteiger partial charge in [0.25, 0.3) is 0 Å². The molecule has 3 rings (SSSR count). The topological polar surface area (TPSA) is 29.0 Å². The molecule has 0 aromatic carbocycles. The van der Waals surface area contributed by atoms with E-state index in [1.54, 1.807) is 4.90 Å². The van der Waals surface area contributed by atoms with E-state index in [0.717, 1.165) is 18.7 Å². The fraction of sp³-hybridized carbons (Fsp3) is 0.778. The molecule has 7 heteroatoms. The van der Waals surface area contributed by atoms with Gasteiger partial charge in [0.15, 0.2) is 0 Å². The number of aromatic nitrogens is 2. The molecule has 0 radical (unpaired) electrons. The van der Waals surface area contributed by atoms with Crippen LogP contribution in [-0.4, -0.2) is 28.6 Å². The quantitative estimate of drug-likeness (QED) is 0.806. The van der Waals surface area contributed by atoms with Gasteiger partial charge in [0.05, 0.1) is 5.92 Å². The number of nitrogens with zero attached hydrogens (tertiary/aromatic N) is 3. The van der Waals surface area contributed by atoms with E-state index in [9.17, 15) is 13.2 Å². The largest absolute Gasteiger partial charge is 0.395 e. The minimum Gasteiger partial charge on any atom is -0.345 e. The molecule has 1 aliphatic heterocycles. The first-order chi connectivity index (χ1) is 7.54. The summed E-state index contributed by atoms with van der Waals surface area (Å²) in [5.41, 5.74) is 0. The molecule has 1 aromatic rings. The van der Waals surface area contributed by atoms with Crippen LogP contribution in [0.3, 0.4) is 0 Å². The van der Waals surface area contributed by atoms with Gasteiger partial charge in [-0.2, -0.15) is 17.5 Å². The molecule has 1 saturated heterocycles. The maximum Gasteiger partial charge on any atom is 0.395 e. The average Bonchev–Trinajstić information content (AvgIpc) is 2.83. The standard InChI is InChI=1S/C9H10F3N3S/c10-9(11,12)6-3-15(4-6)8-13-7(14-16-8)5-1-2-5/h5-6H,1-4H2. The molecule has 0 N–H and O–H groups in total. The molecule has 0 atom stereocenters. The highest BCUT2D eigenvalue weighted by molar-refractivity contribution is 7.09. The molecule has 0 spiro atoms. The van der Waals surface area contributed by atoms with E-state index in [1.807, 2.05) is 0 Å². The molecule has 2 aliphatic rings. The lowest BCUT2D eigenvalue weighted by Crippen LogP contribution is -2.53. The van der Waals surface area contributed by atoms with Crippen molar-refractivity contribution in [3.63, 3.8) is 0 Å². The van der Waals surface area contributed by atoms with Crippen molar-refractivity contribution in [1.29, 1.82) is 0 Å². The minimum absolute atomic E-state index is 0.0306. The fourth-order valence-corrected chi connectivity index (χ4v) is 2.47. The molecule has 1 aromatic heterocycles. The number of halogens is 3. The van der Waals surface area contributed by atoms with Crippen LogP contribution in [0.1, 0.15) is 24.6 Å². The van der Waals surface area contributed by atoms with E-state index in [0.29, 0.717) is 11.0 Å². The number of hydrogen-bond donors (Lipinski definition) is 0. The predicted octanol–water partition coefficient (Wildman–Crippen LogP) is 2.41. The van der Waals surface area contributed by atoms with Crippen LogP contribution in [-0.2, 0) is 0 Å². The summed E-state index contributed by atoms with van der Waals surface area (Å²) in [7, 11) is 0. The van der Waals surface area contributed by atoms with Crippen molar-refractivity contribution in [2.45, 2.75) is 24.9 Å². The second kappa shape index (κ2) is 3.32. The van der Waals surface area contributed by atoms with Crippen LogP contribution in [0.5, 0.6) is 0 Å². The lowest BCUT2D eigenvalue weighted by Gasteiger charge is -2.39. The number of alkyl halides is 3. The summed E-state index contributed by atoms with van der Waals surface area (Å²) in [6.45, 7) is 0.0611. The first-order valence-electron chi connectivity index (χ1n) is 5.19. The molecule has 2 fully saturated rings. The normalized spacial score (nSPS) is 22.3. The third-order valence-electron chi connectivity index (χ3n) is 2.99. The Morgan fingerprint density at radius 1 is 1.25 bits per heavy atom. The lowest BCUT2D eigenvalue weighted by atomic mass is 10.0. The maximum absolute atomic E-state index is 12.3. The summed E-state index contributed by atoms with van der Waals surface area (Å²) >= 11 is 1.21. The number of rotatable bonds is 2. The summed E-state index contributed by atoms with van der Waals surface area (Å²) in [6.07, 6.45) is -1.84. The zero-order chi connectivity index (χ0) is 11.3. The van der Waals surface area contributed by atoms with Gasteiger partial charge < -0.3 is 4.90 Å². The van der Waals surface area contributed by atoms with E-state index < -0.39 is 12.1 Å². The maximum atomic E-state index is 12.3. The second-order valence-corrected chi connectivity index (χ2v) is 5.08. The summed E-state index contributed by atoms with van der Waals surface area (Å²) in [5, 5.41) is 0.641. The zero-order valence-corrected chi connectivity index (χ0v) is 9.18. The van der Waals surface area contributed by atoms with Gasteiger partial charge in [0.1, 0.15) is 5.82 Å². The Labute approximate surface area is 94.5 Å². The van der Waals surface area contributed by atoms with Crippen molar-refractivity contribution in [2.75, 3.05) is 18.0 Å². The third kappa shape index (κ3) is 1.77. The summed E-state index contributed by atoms with van der Waals surface area (Å²) in [6, 6.07) is 0. The SMILES string of the molecule is FC(F)(F)C1CN(c2nc(C3CC3)ns2)C1. The van der Waals surface area contributed by atoms with Gasteiger partial charge >= 0.3 is 6.18 Å². The monoisotopic (exact) mass is 249 g/mol. The van der Waals surface area contributed by atoms with Gasteiger partial charge in [-0.1, -0.05) is 0 Å². The average molecular weight is 249 g/mol. The highest BCUT2D eigenvalue weighted by atomic mass is 32.1. The Morgan fingerprint density at radius 3 is 2.50 bits per heavy atom. The van der Waals surface area contributed by atoms with Crippen LogP contribution in [0, 0.1) is 5.92 Å². The molecule has 2 heterocycles. The Balaban J connectivity index is 1.62. The summed E-state index contributed by atoms with van der Waals surface area (Å²) in [5.74, 6) is 0.0842.